The zero-order chi connectivity index (χ0) is 15.5. The fraction of sp³-hybridized carbons (Fsp3) is 0.278. The van der Waals surface area contributed by atoms with Gasteiger partial charge in [-0.3, -0.25) is 5.32 Å². The van der Waals surface area contributed by atoms with Gasteiger partial charge in [0.2, 0.25) is 0 Å². The summed E-state index contributed by atoms with van der Waals surface area (Å²) in [5.74, 6) is 0.880. The molecule has 0 amide bonds. The third-order valence-electron chi connectivity index (χ3n) is 4.24. The van der Waals surface area contributed by atoms with Crippen LogP contribution in [0.15, 0.2) is 48.5 Å². The molecule has 2 aromatic rings. The van der Waals surface area contributed by atoms with Gasteiger partial charge in [0.15, 0.2) is 0 Å². The second kappa shape index (κ2) is 6.18. The first-order valence-electron chi connectivity index (χ1n) is 7.28. The van der Waals surface area contributed by atoms with Gasteiger partial charge in [0, 0.05) is 17.5 Å². The first kappa shape index (κ1) is 14.6. The molecule has 0 spiro atoms. The highest BCUT2D eigenvalue weighted by atomic mass is 16.5. The molecule has 0 radical (unpaired) electrons. The van der Waals surface area contributed by atoms with Crippen LogP contribution in [-0.2, 0) is 0 Å². The number of nitrogens with one attached hydrogen (secondary N) is 1. The third kappa shape index (κ3) is 2.45. The summed E-state index contributed by atoms with van der Waals surface area (Å²) >= 11 is 0. The normalized spacial score (nSPS) is 23.4. The molecule has 0 unspecified atom stereocenters. The quantitative estimate of drug-likeness (QED) is 0.908. The second-order valence-corrected chi connectivity index (χ2v) is 5.41. The number of nitrogens with zero attached hydrogens (tertiary/aromatic N) is 1. The van der Waals surface area contributed by atoms with Crippen LogP contribution >= 0.6 is 0 Å². The first-order valence-corrected chi connectivity index (χ1v) is 7.28. The van der Waals surface area contributed by atoms with E-state index in [-0.39, 0.29) is 24.6 Å². The average Bonchev–Trinajstić information content (AvgIpc) is 2.55. The summed E-state index contributed by atoms with van der Waals surface area (Å²) in [6, 6.07) is 18.0. The highest BCUT2D eigenvalue weighted by Gasteiger charge is 2.41. The molecule has 0 aromatic heterocycles. The predicted octanol–water partition coefficient (Wildman–Crippen LogP) is 2.30. The van der Waals surface area contributed by atoms with E-state index in [9.17, 15) is 5.11 Å². The van der Waals surface area contributed by atoms with E-state index in [0.29, 0.717) is 0 Å². The molecule has 0 bridgehead atoms. The van der Waals surface area contributed by atoms with Gasteiger partial charge in [-0.05, 0) is 17.2 Å². The Morgan fingerprint density at radius 2 is 1.91 bits per heavy atom. The van der Waals surface area contributed by atoms with Gasteiger partial charge >= 0.3 is 0 Å². The lowest BCUT2D eigenvalue weighted by molar-refractivity contribution is 0.151. The van der Waals surface area contributed by atoms with Gasteiger partial charge in [-0.25, -0.2) is 0 Å². The van der Waals surface area contributed by atoms with Crippen molar-refractivity contribution in [1.29, 1.82) is 5.26 Å². The maximum absolute atomic E-state index is 9.34. The van der Waals surface area contributed by atoms with E-state index in [1.54, 1.807) is 7.11 Å². The van der Waals surface area contributed by atoms with Crippen LogP contribution in [0.2, 0.25) is 0 Å². The van der Waals surface area contributed by atoms with Gasteiger partial charge in [0.1, 0.15) is 11.8 Å². The number of benzene rings is 2. The van der Waals surface area contributed by atoms with Crippen molar-refractivity contribution in [3.05, 3.63) is 54.1 Å². The zero-order valence-corrected chi connectivity index (χ0v) is 12.4. The number of aliphatic hydroxyl groups is 1. The largest absolute Gasteiger partial charge is 0.496 e. The molecule has 3 rings (SSSR count). The molecule has 0 aliphatic carbocycles. The highest BCUT2D eigenvalue weighted by Crippen LogP contribution is 2.34. The zero-order valence-electron chi connectivity index (χ0n) is 12.4. The van der Waals surface area contributed by atoms with E-state index in [0.717, 1.165) is 22.4 Å². The van der Waals surface area contributed by atoms with Crippen LogP contribution in [0, 0.1) is 11.3 Å². The Hall–Kier alpha value is -2.35. The van der Waals surface area contributed by atoms with Crippen LogP contribution in [0.1, 0.15) is 11.5 Å². The number of hydrogen-bond acceptors (Lipinski definition) is 4. The van der Waals surface area contributed by atoms with Gasteiger partial charge < -0.3 is 9.84 Å². The van der Waals surface area contributed by atoms with Crippen molar-refractivity contribution >= 4 is 0 Å². The van der Waals surface area contributed by atoms with Gasteiger partial charge in [-0.2, -0.15) is 5.26 Å². The highest BCUT2D eigenvalue weighted by molar-refractivity contribution is 5.70. The molecule has 3 atom stereocenters. The molecular weight excluding hydrogens is 276 g/mol. The molecule has 1 aliphatic rings. The van der Waals surface area contributed by atoms with Crippen molar-refractivity contribution in [1.82, 2.24) is 5.32 Å². The summed E-state index contributed by atoms with van der Waals surface area (Å²) < 4.78 is 5.39. The lowest BCUT2D eigenvalue weighted by Gasteiger charge is -2.41. The molecule has 4 nitrogen and oxygen atoms in total. The maximum atomic E-state index is 9.34. The van der Waals surface area contributed by atoms with Crippen molar-refractivity contribution in [3.63, 3.8) is 0 Å². The van der Waals surface area contributed by atoms with E-state index in [4.69, 9.17) is 10.00 Å². The maximum Gasteiger partial charge on any atom is 0.126 e. The van der Waals surface area contributed by atoms with E-state index < -0.39 is 0 Å². The molecule has 1 saturated heterocycles. The molecule has 112 valence electrons. The third-order valence-corrected chi connectivity index (χ3v) is 4.24. The molecule has 2 N–H and O–H groups in total. The Morgan fingerprint density at radius 1 is 1.18 bits per heavy atom. The van der Waals surface area contributed by atoms with Crippen molar-refractivity contribution in [2.75, 3.05) is 13.7 Å². The van der Waals surface area contributed by atoms with Crippen LogP contribution in [0.5, 0.6) is 5.75 Å². The Balaban J connectivity index is 1.88. The number of rotatable bonds is 4. The number of para-hydroxylation sites is 1. The lowest BCUT2D eigenvalue weighted by atomic mass is 9.78. The fourth-order valence-electron chi connectivity index (χ4n) is 3.03. The summed E-state index contributed by atoms with van der Waals surface area (Å²) in [4.78, 5) is 0. The van der Waals surface area contributed by atoms with Crippen molar-refractivity contribution in [3.8, 4) is 22.9 Å². The summed E-state index contributed by atoms with van der Waals surface area (Å²) in [5.41, 5.74) is 3.18. The van der Waals surface area contributed by atoms with Crippen molar-refractivity contribution in [2.24, 2.45) is 0 Å². The van der Waals surface area contributed by atoms with Crippen LogP contribution in [0.3, 0.4) is 0 Å². The van der Waals surface area contributed by atoms with Crippen LogP contribution in [0.4, 0.5) is 0 Å². The topological polar surface area (TPSA) is 65.3 Å². The van der Waals surface area contributed by atoms with E-state index in [2.05, 4.69) is 11.4 Å². The average molecular weight is 294 g/mol. The number of ether oxygens (including phenoxy) is 1. The standard InChI is InChI=1S/C18H18N2O2/c1-22-17-5-3-2-4-14(17)12-6-8-13(9-7-12)18-15(10-19)20-16(18)11-21/h2-9,15-16,18,20-21H,11H2,1H3/t15-,16-,18-/m1/s1. The molecular formula is C18H18N2O2. The Kier molecular flexibility index (Phi) is 4.10. The smallest absolute Gasteiger partial charge is 0.126 e. The van der Waals surface area contributed by atoms with Gasteiger partial charge in [0.25, 0.3) is 0 Å². The second-order valence-electron chi connectivity index (χ2n) is 5.41. The summed E-state index contributed by atoms with van der Waals surface area (Å²) in [7, 11) is 1.66. The fourth-order valence-corrected chi connectivity index (χ4v) is 3.03. The van der Waals surface area contributed by atoms with E-state index in [1.165, 1.54) is 0 Å². The minimum atomic E-state index is -0.228. The number of methoxy groups -OCH3 is 1. The van der Waals surface area contributed by atoms with Crippen LogP contribution < -0.4 is 10.1 Å². The predicted molar refractivity (Wildman–Crippen MR) is 84.6 cm³/mol. The number of aliphatic hydroxyl groups excluding tert-OH is 1. The molecule has 1 fully saturated rings. The van der Waals surface area contributed by atoms with Gasteiger partial charge in [0.05, 0.1) is 19.8 Å². The Morgan fingerprint density at radius 3 is 2.55 bits per heavy atom. The van der Waals surface area contributed by atoms with Crippen LogP contribution in [0.25, 0.3) is 11.1 Å². The van der Waals surface area contributed by atoms with Crippen molar-refractivity contribution < 1.29 is 9.84 Å². The Labute approximate surface area is 130 Å². The molecule has 4 heteroatoms. The first-order chi connectivity index (χ1) is 10.8. The molecule has 0 saturated carbocycles. The molecule has 1 aliphatic heterocycles. The summed E-state index contributed by atoms with van der Waals surface area (Å²) in [6.07, 6.45) is 0. The lowest BCUT2D eigenvalue weighted by Crippen LogP contribution is -2.60. The van der Waals surface area contributed by atoms with Gasteiger partial charge in [-0.15, -0.1) is 0 Å². The minimum absolute atomic E-state index is 0.0388. The summed E-state index contributed by atoms with van der Waals surface area (Å²) in [5, 5.41) is 21.5. The SMILES string of the molecule is COc1ccccc1-c1ccc([C@@H]2[C@@H](C#N)N[C@@H]2CO)cc1. The Bertz CT molecular complexity index is 691. The van der Waals surface area contributed by atoms with E-state index in [1.807, 2.05) is 48.5 Å². The van der Waals surface area contributed by atoms with Crippen LogP contribution in [-0.4, -0.2) is 30.9 Å². The van der Waals surface area contributed by atoms with Gasteiger partial charge in [-0.1, -0.05) is 42.5 Å². The van der Waals surface area contributed by atoms with E-state index >= 15 is 0 Å². The molecule has 2 aromatic carbocycles. The molecule has 22 heavy (non-hydrogen) atoms. The monoisotopic (exact) mass is 294 g/mol. The molecule has 1 heterocycles. The van der Waals surface area contributed by atoms with Crippen molar-refractivity contribution in [2.45, 2.75) is 18.0 Å². The number of nitriles is 1. The summed E-state index contributed by atoms with van der Waals surface area (Å²) in [6.45, 7) is 0.0388. The minimum Gasteiger partial charge on any atom is -0.496 e. The number of hydrogen-bond donors (Lipinski definition) is 2.